The molecule has 0 amide bonds. The van der Waals surface area contributed by atoms with Crippen LogP contribution in [0.25, 0.3) is 0 Å². The standard InChI is InChI=1S/C18H22O/c1-4-18(2,3)16-10-12-17(13-11-16)19-14-15-8-6-5-7-9-15/h5-13H,4,14H2,1-3H3. The van der Waals surface area contributed by atoms with Gasteiger partial charge in [0.1, 0.15) is 12.4 Å². The molecule has 0 saturated heterocycles. The second kappa shape index (κ2) is 5.92. The Morgan fingerprint density at radius 1 is 0.895 bits per heavy atom. The maximum absolute atomic E-state index is 5.79. The van der Waals surface area contributed by atoms with Gasteiger partial charge in [0, 0.05) is 0 Å². The van der Waals surface area contributed by atoms with Crippen LogP contribution in [0.5, 0.6) is 5.75 Å². The molecule has 0 aromatic heterocycles. The highest BCUT2D eigenvalue weighted by atomic mass is 16.5. The molecule has 0 saturated carbocycles. The highest BCUT2D eigenvalue weighted by Crippen LogP contribution is 2.28. The van der Waals surface area contributed by atoms with Gasteiger partial charge in [-0.2, -0.15) is 0 Å². The number of hydrogen-bond acceptors (Lipinski definition) is 1. The van der Waals surface area contributed by atoms with Gasteiger partial charge in [0.2, 0.25) is 0 Å². The first-order valence-electron chi connectivity index (χ1n) is 6.89. The van der Waals surface area contributed by atoms with E-state index in [1.54, 1.807) is 0 Å². The Morgan fingerprint density at radius 3 is 2.11 bits per heavy atom. The molecule has 2 aromatic rings. The summed E-state index contributed by atoms with van der Waals surface area (Å²) in [6.45, 7) is 7.39. The first kappa shape index (κ1) is 13.7. The predicted octanol–water partition coefficient (Wildman–Crippen LogP) is 4.95. The van der Waals surface area contributed by atoms with Gasteiger partial charge in [-0.15, -0.1) is 0 Å². The van der Waals surface area contributed by atoms with Crippen LogP contribution in [0.1, 0.15) is 38.3 Å². The van der Waals surface area contributed by atoms with Crippen LogP contribution in [0, 0.1) is 0 Å². The Labute approximate surface area is 116 Å². The first-order chi connectivity index (χ1) is 9.12. The van der Waals surface area contributed by atoms with Gasteiger partial charge in [-0.05, 0) is 35.1 Å². The SMILES string of the molecule is CCC(C)(C)c1ccc(OCc2ccccc2)cc1. The van der Waals surface area contributed by atoms with Crippen molar-refractivity contribution in [3.63, 3.8) is 0 Å². The van der Waals surface area contributed by atoms with Crippen molar-refractivity contribution in [2.75, 3.05) is 0 Å². The molecule has 19 heavy (non-hydrogen) atoms. The van der Waals surface area contributed by atoms with Crippen LogP contribution < -0.4 is 4.74 Å². The lowest BCUT2D eigenvalue weighted by molar-refractivity contribution is 0.306. The van der Waals surface area contributed by atoms with E-state index < -0.39 is 0 Å². The fourth-order valence-electron chi connectivity index (χ4n) is 1.95. The smallest absolute Gasteiger partial charge is 0.119 e. The van der Waals surface area contributed by atoms with Crippen LogP contribution in [0.2, 0.25) is 0 Å². The highest BCUT2D eigenvalue weighted by molar-refractivity contribution is 5.31. The Bertz CT molecular complexity index is 497. The average molecular weight is 254 g/mol. The molecule has 1 heteroatoms. The van der Waals surface area contributed by atoms with Crippen molar-refractivity contribution in [1.29, 1.82) is 0 Å². The first-order valence-corrected chi connectivity index (χ1v) is 6.89. The minimum atomic E-state index is 0.234. The zero-order chi connectivity index (χ0) is 13.7. The number of benzene rings is 2. The third-order valence-corrected chi connectivity index (χ3v) is 3.77. The Balaban J connectivity index is 2.00. The van der Waals surface area contributed by atoms with Gasteiger partial charge in [0.25, 0.3) is 0 Å². The fourth-order valence-corrected chi connectivity index (χ4v) is 1.95. The molecule has 0 fully saturated rings. The molecule has 0 radical (unpaired) electrons. The molecule has 0 aliphatic rings. The van der Waals surface area contributed by atoms with Crippen LogP contribution in [0.15, 0.2) is 54.6 Å². The summed E-state index contributed by atoms with van der Waals surface area (Å²) in [6.07, 6.45) is 1.14. The molecule has 0 bridgehead atoms. The van der Waals surface area contributed by atoms with Crippen molar-refractivity contribution < 1.29 is 4.74 Å². The van der Waals surface area contributed by atoms with E-state index in [4.69, 9.17) is 4.74 Å². The maximum atomic E-state index is 5.79. The second-order valence-corrected chi connectivity index (χ2v) is 5.54. The zero-order valence-corrected chi connectivity index (χ0v) is 12.0. The molecular weight excluding hydrogens is 232 g/mol. The molecule has 0 heterocycles. The predicted molar refractivity (Wildman–Crippen MR) is 80.5 cm³/mol. The van der Waals surface area contributed by atoms with E-state index in [2.05, 4.69) is 57.2 Å². The Morgan fingerprint density at radius 2 is 1.53 bits per heavy atom. The van der Waals surface area contributed by atoms with E-state index in [-0.39, 0.29) is 5.41 Å². The largest absolute Gasteiger partial charge is 0.489 e. The van der Waals surface area contributed by atoms with Crippen molar-refractivity contribution in [2.45, 2.75) is 39.2 Å². The van der Waals surface area contributed by atoms with Crippen LogP contribution in [-0.4, -0.2) is 0 Å². The maximum Gasteiger partial charge on any atom is 0.119 e. The normalized spacial score (nSPS) is 11.3. The summed E-state index contributed by atoms with van der Waals surface area (Å²) < 4.78 is 5.79. The highest BCUT2D eigenvalue weighted by Gasteiger charge is 2.17. The topological polar surface area (TPSA) is 9.23 Å². The fraction of sp³-hybridized carbons (Fsp3) is 0.333. The van der Waals surface area contributed by atoms with E-state index >= 15 is 0 Å². The molecule has 0 aliphatic carbocycles. The van der Waals surface area contributed by atoms with Gasteiger partial charge >= 0.3 is 0 Å². The van der Waals surface area contributed by atoms with Crippen molar-refractivity contribution in [3.05, 3.63) is 65.7 Å². The molecule has 0 N–H and O–H groups in total. The van der Waals surface area contributed by atoms with Crippen LogP contribution in [0.3, 0.4) is 0 Å². The quantitative estimate of drug-likeness (QED) is 0.733. The molecular formula is C18H22O. The molecule has 100 valence electrons. The van der Waals surface area contributed by atoms with Crippen molar-refractivity contribution in [1.82, 2.24) is 0 Å². The number of rotatable bonds is 5. The third-order valence-electron chi connectivity index (χ3n) is 3.77. The molecule has 0 unspecified atom stereocenters. The summed E-state index contributed by atoms with van der Waals surface area (Å²) in [5.74, 6) is 0.930. The van der Waals surface area contributed by atoms with Gasteiger partial charge in [0.05, 0.1) is 0 Å². The zero-order valence-electron chi connectivity index (χ0n) is 12.0. The minimum Gasteiger partial charge on any atom is -0.489 e. The van der Waals surface area contributed by atoms with E-state index in [0.717, 1.165) is 12.2 Å². The lowest BCUT2D eigenvalue weighted by Gasteiger charge is -2.23. The van der Waals surface area contributed by atoms with Gasteiger partial charge in [0.15, 0.2) is 0 Å². The van der Waals surface area contributed by atoms with E-state index in [0.29, 0.717) is 6.61 Å². The molecule has 0 spiro atoms. The van der Waals surface area contributed by atoms with Crippen molar-refractivity contribution in [3.8, 4) is 5.75 Å². The minimum absolute atomic E-state index is 0.234. The van der Waals surface area contributed by atoms with Gasteiger partial charge < -0.3 is 4.74 Å². The lowest BCUT2D eigenvalue weighted by atomic mass is 9.82. The second-order valence-electron chi connectivity index (χ2n) is 5.54. The van der Waals surface area contributed by atoms with E-state index in [1.807, 2.05) is 18.2 Å². The Hall–Kier alpha value is -1.76. The van der Waals surface area contributed by atoms with Gasteiger partial charge in [-0.1, -0.05) is 63.2 Å². The summed E-state index contributed by atoms with van der Waals surface area (Å²) >= 11 is 0. The Kier molecular flexibility index (Phi) is 4.26. The van der Waals surface area contributed by atoms with E-state index in [9.17, 15) is 0 Å². The van der Waals surface area contributed by atoms with E-state index in [1.165, 1.54) is 11.1 Å². The third kappa shape index (κ3) is 3.60. The summed E-state index contributed by atoms with van der Waals surface area (Å²) in [7, 11) is 0. The molecule has 0 aliphatic heterocycles. The summed E-state index contributed by atoms with van der Waals surface area (Å²) in [5.41, 5.74) is 2.79. The van der Waals surface area contributed by atoms with Crippen LogP contribution in [0.4, 0.5) is 0 Å². The molecule has 2 rings (SSSR count). The summed E-state index contributed by atoms with van der Waals surface area (Å²) in [4.78, 5) is 0. The number of ether oxygens (including phenoxy) is 1. The van der Waals surface area contributed by atoms with Crippen LogP contribution >= 0.6 is 0 Å². The monoisotopic (exact) mass is 254 g/mol. The van der Waals surface area contributed by atoms with Crippen molar-refractivity contribution >= 4 is 0 Å². The molecule has 0 atom stereocenters. The van der Waals surface area contributed by atoms with Crippen LogP contribution in [-0.2, 0) is 12.0 Å². The number of hydrogen-bond donors (Lipinski definition) is 0. The molecule has 1 nitrogen and oxygen atoms in total. The average Bonchev–Trinajstić information content (AvgIpc) is 2.47. The summed E-state index contributed by atoms with van der Waals surface area (Å²) in [6, 6.07) is 18.7. The summed E-state index contributed by atoms with van der Waals surface area (Å²) in [5, 5.41) is 0. The molecule has 2 aromatic carbocycles. The van der Waals surface area contributed by atoms with Gasteiger partial charge in [-0.3, -0.25) is 0 Å². The lowest BCUT2D eigenvalue weighted by Crippen LogP contribution is -2.15. The van der Waals surface area contributed by atoms with Crippen molar-refractivity contribution in [2.24, 2.45) is 0 Å². The van der Waals surface area contributed by atoms with Gasteiger partial charge in [-0.25, -0.2) is 0 Å².